The number of hydrogen-bond acceptors (Lipinski definition) is 5. The number of carbonyl (C=O) groups excluding carboxylic acids is 2. The third-order valence-electron chi connectivity index (χ3n) is 3.20. The summed E-state index contributed by atoms with van der Waals surface area (Å²) < 4.78 is 23.7. The first-order valence-electron chi connectivity index (χ1n) is 8.33. The zero-order valence-corrected chi connectivity index (χ0v) is 17.1. The normalized spacial score (nSPS) is 11.8. The summed E-state index contributed by atoms with van der Waals surface area (Å²) in [7, 11) is 0. The Hall–Kier alpha value is -2.20. The van der Waals surface area contributed by atoms with Crippen LogP contribution in [0.15, 0.2) is 22.7 Å². The van der Waals surface area contributed by atoms with E-state index >= 15 is 0 Å². The Morgan fingerprint density at radius 2 is 2.07 bits per heavy atom. The standard InChI is InChI=1S/C14H14BrFN4O3S.C3H6/c1-2-18-14(22)19-13-10(11(17)21)12(20-24-13)23-6-7-3-4-8(15)5-9(7)16;1-2-3-1/h3-5H,2,6H2,1H3,(H2,17,21)(H2,18,19,22);1-3H2. The van der Waals surface area contributed by atoms with Crippen molar-refractivity contribution in [1.82, 2.24) is 9.69 Å². The number of nitrogens with two attached hydrogens (primary N) is 1. The fourth-order valence-corrected chi connectivity index (χ4v) is 2.84. The lowest BCUT2D eigenvalue weighted by molar-refractivity contribution is 0.0996. The number of amides is 3. The molecule has 10 heteroatoms. The molecule has 1 aromatic carbocycles. The molecule has 2 aromatic rings. The molecule has 0 saturated heterocycles. The zero-order chi connectivity index (χ0) is 19.8. The minimum Gasteiger partial charge on any atom is -0.471 e. The fourth-order valence-electron chi connectivity index (χ4n) is 1.77. The molecule has 1 saturated carbocycles. The molecular formula is C17H20BrFN4O3S. The maximum Gasteiger partial charge on any atom is 0.319 e. The maximum atomic E-state index is 13.8. The minimum absolute atomic E-state index is 0.0521. The van der Waals surface area contributed by atoms with E-state index in [2.05, 4.69) is 30.9 Å². The average Bonchev–Trinajstić information content (AvgIpc) is 3.42. The SMILES string of the molecule is C1CC1.CCNC(=O)Nc1snc(OCc2ccc(Br)cc2F)c1C(N)=O. The van der Waals surface area contributed by atoms with Gasteiger partial charge in [-0.3, -0.25) is 10.1 Å². The van der Waals surface area contributed by atoms with Crippen LogP contribution >= 0.6 is 27.5 Å². The second kappa shape index (κ2) is 10.2. The van der Waals surface area contributed by atoms with Crippen LogP contribution in [0.1, 0.15) is 42.1 Å². The van der Waals surface area contributed by atoms with E-state index in [0.717, 1.165) is 11.5 Å². The van der Waals surface area contributed by atoms with Crippen molar-refractivity contribution in [3.05, 3.63) is 39.6 Å². The van der Waals surface area contributed by atoms with E-state index in [9.17, 15) is 14.0 Å². The van der Waals surface area contributed by atoms with Crippen LogP contribution in [0.5, 0.6) is 5.88 Å². The highest BCUT2D eigenvalue weighted by Crippen LogP contribution is 2.31. The van der Waals surface area contributed by atoms with Crippen molar-refractivity contribution in [2.45, 2.75) is 32.8 Å². The summed E-state index contributed by atoms with van der Waals surface area (Å²) >= 11 is 4.01. The number of nitrogens with zero attached hydrogens (tertiary/aromatic N) is 1. The largest absolute Gasteiger partial charge is 0.471 e. The number of anilines is 1. The van der Waals surface area contributed by atoms with Crippen molar-refractivity contribution in [2.75, 3.05) is 11.9 Å². The quantitative estimate of drug-likeness (QED) is 0.606. The van der Waals surface area contributed by atoms with Gasteiger partial charge in [-0.2, -0.15) is 4.37 Å². The van der Waals surface area contributed by atoms with Gasteiger partial charge in [-0.05, 0) is 30.6 Å². The van der Waals surface area contributed by atoms with E-state index in [1.807, 2.05) is 0 Å². The lowest BCUT2D eigenvalue weighted by Crippen LogP contribution is -2.28. The number of ether oxygens (including phenoxy) is 1. The number of rotatable bonds is 6. The van der Waals surface area contributed by atoms with Crippen LogP contribution in [-0.2, 0) is 6.61 Å². The second-order valence-electron chi connectivity index (χ2n) is 5.63. The first-order chi connectivity index (χ1) is 12.9. The lowest BCUT2D eigenvalue weighted by atomic mass is 10.2. The molecule has 146 valence electrons. The Morgan fingerprint density at radius 1 is 1.37 bits per heavy atom. The van der Waals surface area contributed by atoms with Crippen LogP contribution in [0, 0.1) is 5.82 Å². The van der Waals surface area contributed by atoms with Crippen molar-refractivity contribution in [2.24, 2.45) is 5.73 Å². The minimum atomic E-state index is -0.804. The van der Waals surface area contributed by atoms with Crippen molar-refractivity contribution in [3.63, 3.8) is 0 Å². The highest BCUT2D eigenvalue weighted by Gasteiger charge is 2.22. The van der Waals surface area contributed by atoms with Gasteiger partial charge in [-0.25, -0.2) is 9.18 Å². The molecule has 0 radical (unpaired) electrons. The van der Waals surface area contributed by atoms with E-state index in [1.54, 1.807) is 19.1 Å². The third-order valence-corrected chi connectivity index (χ3v) is 4.44. The zero-order valence-electron chi connectivity index (χ0n) is 14.7. The Bertz CT molecular complexity index is 811. The summed E-state index contributed by atoms with van der Waals surface area (Å²) in [5.41, 5.74) is 5.56. The molecule has 0 bridgehead atoms. The Labute approximate surface area is 168 Å². The van der Waals surface area contributed by atoms with E-state index < -0.39 is 17.8 Å². The van der Waals surface area contributed by atoms with Crippen molar-refractivity contribution in [1.29, 1.82) is 0 Å². The van der Waals surface area contributed by atoms with Gasteiger partial charge < -0.3 is 15.8 Å². The van der Waals surface area contributed by atoms with Gasteiger partial charge in [0.05, 0.1) is 0 Å². The molecule has 1 fully saturated rings. The molecule has 0 aliphatic heterocycles. The second-order valence-corrected chi connectivity index (χ2v) is 7.31. The van der Waals surface area contributed by atoms with Crippen LogP contribution < -0.4 is 21.1 Å². The summed E-state index contributed by atoms with van der Waals surface area (Å²) in [6, 6.07) is 4.02. The van der Waals surface area contributed by atoms with Crippen LogP contribution in [0.2, 0.25) is 0 Å². The van der Waals surface area contributed by atoms with E-state index in [1.165, 1.54) is 25.3 Å². The molecule has 0 atom stereocenters. The van der Waals surface area contributed by atoms with Crippen LogP contribution in [0.4, 0.5) is 14.2 Å². The molecule has 3 amide bonds. The fraction of sp³-hybridized carbons (Fsp3) is 0.353. The number of primary amides is 1. The van der Waals surface area contributed by atoms with E-state index in [-0.39, 0.29) is 23.1 Å². The number of hydrogen-bond donors (Lipinski definition) is 3. The molecular weight excluding hydrogens is 439 g/mol. The van der Waals surface area contributed by atoms with Crippen molar-refractivity contribution >= 4 is 44.4 Å². The smallest absolute Gasteiger partial charge is 0.319 e. The van der Waals surface area contributed by atoms with Gasteiger partial charge in [0.15, 0.2) is 0 Å². The highest BCUT2D eigenvalue weighted by molar-refractivity contribution is 9.10. The molecule has 27 heavy (non-hydrogen) atoms. The first kappa shape index (κ1) is 21.1. The molecule has 3 rings (SSSR count). The maximum absolute atomic E-state index is 13.8. The third kappa shape index (κ3) is 6.79. The molecule has 0 spiro atoms. The lowest BCUT2D eigenvalue weighted by Gasteiger charge is -2.07. The molecule has 4 N–H and O–H groups in total. The topological polar surface area (TPSA) is 106 Å². The Morgan fingerprint density at radius 3 is 2.63 bits per heavy atom. The number of nitrogens with one attached hydrogen (secondary N) is 2. The molecule has 7 nitrogen and oxygen atoms in total. The summed E-state index contributed by atoms with van der Waals surface area (Å²) in [5.74, 6) is -1.32. The molecule has 1 aliphatic carbocycles. The predicted octanol–water partition coefficient (Wildman–Crippen LogP) is 4.03. The van der Waals surface area contributed by atoms with Gasteiger partial charge in [0.1, 0.15) is 23.0 Å². The number of urea groups is 1. The summed E-state index contributed by atoms with van der Waals surface area (Å²) in [4.78, 5) is 23.2. The van der Waals surface area contributed by atoms with Gasteiger partial charge in [0.25, 0.3) is 5.91 Å². The van der Waals surface area contributed by atoms with E-state index in [0.29, 0.717) is 16.6 Å². The number of halogens is 2. The van der Waals surface area contributed by atoms with Crippen LogP contribution in [-0.4, -0.2) is 22.9 Å². The van der Waals surface area contributed by atoms with Gasteiger partial charge >= 0.3 is 6.03 Å². The average molecular weight is 459 g/mol. The molecule has 1 aromatic heterocycles. The Balaban J connectivity index is 0.000000789. The van der Waals surface area contributed by atoms with Crippen LogP contribution in [0.3, 0.4) is 0 Å². The number of aromatic nitrogens is 1. The number of carbonyl (C=O) groups is 2. The van der Waals surface area contributed by atoms with Gasteiger partial charge in [0.2, 0.25) is 5.88 Å². The predicted molar refractivity (Wildman–Crippen MR) is 106 cm³/mol. The number of benzene rings is 1. The van der Waals surface area contributed by atoms with Crippen molar-refractivity contribution < 1.29 is 18.7 Å². The Kier molecular flexibility index (Phi) is 7.99. The van der Waals surface area contributed by atoms with Gasteiger partial charge in [-0.15, -0.1) is 0 Å². The highest BCUT2D eigenvalue weighted by atomic mass is 79.9. The molecule has 0 unspecified atom stereocenters. The van der Waals surface area contributed by atoms with E-state index in [4.69, 9.17) is 10.5 Å². The summed E-state index contributed by atoms with van der Waals surface area (Å²) in [5, 5.41) is 5.16. The van der Waals surface area contributed by atoms with Crippen LogP contribution in [0.25, 0.3) is 0 Å². The van der Waals surface area contributed by atoms with Gasteiger partial charge in [0, 0.05) is 16.6 Å². The molecule has 1 aliphatic rings. The van der Waals surface area contributed by atoms with Crippen molar-refractivity contribution in [3.8, 4) is 5.88 Å². The van der Waals surface area contributed by atoms with Gasteiger partial charge in [-0.1, -0.05) is 41.3 Å². The summed E-state index contributed by atoms with van der Waals surface area (Å²) in [6.45, 7) is 2.04. The molecule has 1 heterocycles. The monoisotopic (exact) mass is 458 g/mol. The summed E-state index contributed by atoms with van der Waals surface area (Å²) in [6.07, 6.45) is 4.50. The first-order valence-corrected chi connectivity index (χ1v) is 9.90.